The molecule has 2 N–H and O–H groups in total. The van der Waals surface area contributed by atoms with E-state index in [-0.39, 0.29) is 11.0 Å². The van der Waals surface area contributed by atoms with Crippen LogP contribution in [0.25, 0.3) is 0 Å². The van der Waals surface area contributed by atoms with Crippen LogP contribution in [0.1, 0.15) is 43.2 Å². The maximum absolute atomic E-state index is 10.9. The van der Waals surface area contributed by atoms with Crippen molar-refractivity contribution in [3.63, 3.8) is 0 Å². The molecular weight excluding hydrogens is 216 g/mol. The molecule has 0 saturated heterocycles. The number of nitrogens with zero attached hydrogens (tertiary/aromatic N) is 1. The Labute approximate surface area is 102 Å². The van der Waals surface area contributed by atoms with E-state index in [2.05, 4.69) is 31.1 Å². The summed E-state index contributed by atoms with van der Waals surface area (Å²) in [4.78, 5) is 15.2. The summed E-state index contributed by atoms with van der Waals surface area (Å²) >= 11 is 0. The summed E-state index contributed by atoms with van der Waals surface area (Å²) < 4.78 is 0. The summed E-state index contributed by atoms with van der Waals surface area (Å²) in [7, 11) is 0. The second-order valence-electron chi connectivity index (χ2n) is 5.06. The smallest absolute Gasteiger partial charge is 0.335 e. The van der Waals surface area contributed by atoms with E-state index in [0.717, 1.165) is 13.0 Å². The van der Waals surface area contributed by atoms with Crippen LogP contribution >= 0.6 is 0 Å². The Balaban J connectivity index is 2.81. The van der Waals surface area contributed by atoms with Gasteiger partial charge < -0.3 is 10.4 Å². The van der Waals surface area contributed by atoms with Crippen molar-refractivity contribution in [2.24, 2.45) is 5.41 Å². The predicted molar refractivity (Wildman–Crippen MR) is 68.5 cm³/mol. The standard InChI is InChI=1S/C13H20N2O2/c1-5-13(3,4)8-14-11-7-10(12(16)17)6-9(2)15-11/h6-7H,5,8H2,1-4H3,(H,14,15)(H,16,17). The van der Waals surface area contributed by atoms with E-state index in [9.17, 15) is 4.79 Å². The van der Waals surface area contributed by atoms with Gasteiger partial charge in [-0.25, -0.2) is 9.78 Å². The number of hydrogen-bond donors (Lipinski definition) is 2. The van der Waals surface area contributed by atoms with Gasteiger partial charge in [-0.3, -0.25) is 0 Å². The zero-order valence-corrected chi connectivity index (χ0v) is 10.9. The first-order chi connectivity index (χ1) is 7.84. The summed E-state index contributed by atoms with van der Waals surface area (Å²) in [5.74, 6) is -0.294. The highest BCUT2D eigenvalue weighted by atomic mass is 16.4. The van der Waals surface area contributed by atoms with Crippen molar-refractivity contribution in [2.45, 2.75) is 34.1 Å². The summed E-state index contributed by atoms with van der Waals surface area (Å²) in [6, 6.07) is 3.14. The number of aromatic carboxylic acids is 1. The largest absolute Gasteiger partial charge is 0.478 e. The van der Waals surface area contributed by atoms with Crippen molar-refractivity contribution in [1.29, 1.82) is 0 Å². The average Bonchev–Trinajstić information content (AvgIpc) is 2.26. The highest BCUT2D eigenvalue weighted by Gasteiger charge is 2.15. The SMILES string of the molecule is CCC(C)(C)CNc1cc(C(=O)O)cc(C)n1. The molecule has 1 heterocycles. The number of aromatic nitrogens is 1. The molecule has 1 rings (SSSR count). The van der Waals surface area contributed by atoms with Crippen LogP contribution in [0.5, 0.6) is 0 Å². The molecule has 4 nitrogen and oxygen atoms in total. The lowest BCUT2D eigenvalue weighted by Crippen LogP contribution is -2.22. The van der Waals surface area contributed by atoms with Gasteiger partial charge >= 0.3 is 5.97 Å². The Bertz CT molecular complexity index is 414. The van der Waals surface area contributed by atoms with Crippen LogP contribution in [0.2, 0.25) is 0 Å². The van der Waals surface area contributed by atoms with Gasteiger partial charge in [-0.1, -0.05) is 20.8 Å². The van der Waals surface area contributed by atoms with Crippen LogP contribution < -0.4 is 5.32 Å². The highest BCUT2D eigenvalue weighted by Crippen LogP contribution is 2.20. The fraction of sp³-hybridized carbons (Fsp3) is 0.538. The molecule has 0 unspecified atom stereocenters. The number of aryl methyl sites for hydroxylation is 1. The number of hydrogen-bond acceptors (Lipinski definition) is 3. The van der Waals surface area contributed by atoms with Crippen LogP contribution in [-0.2, 0) is 0 Å². The number of carboxylic acid groups (broad SMARTS) is 1. The van der Waals surface area contributed by atoms with Crippen molar-refractivity contribution in [3.8, 4) is 0 Å². The van der Waals surface area contributed by atoms with Crippen molar-refractivity contribution in [1.82, 2.24) is 4.98 Å². The molecule has 0 aromatic carbocycles. The first kappa shape index (κ1) is 13.5. The van der Waals surface area contributed by atoms with Crippen LogP contribution in [0.4, 0.5) is 5.82 Å². The topological polar surface area (TPSA) is 62.2 Å². The normalized spacial score (nSPS) is 11.3. The summed E-state index contributed by atoms with van der Waals surface area (Å²) in [5, 5.41) is 12.1. The van der Waals surface area contributed by atoms with Gasteiger partial charge in [0.15, 0.2) is 0 Å². The molecule has 0 amide bonds. The fourth-order valence-corrected chi connectivity index (χ4v) is 1.34. The number of carbonyl (C=O) groups is 1. The zero-order chi connectivity index (χ0) is 13.1. The van der Waals surface area contributed by atoms with Gasteiger partial charge in [0.05, 0.1) is 5.56 Å². The van der Waals surface area contributed by atoms with Gasteiger partial charge in [-0.2, -0.15) is 0 Å². The molecule has 0 spiro atoms. The minimum atomic E-state index is -0.923. The molecule has 0 saturated carbocycles. The Morgan fingerprint density at radius 1 is 1.47 bits per heavy atom. The monoisotopic (exact) mass is 236 g/mol. The molecule has 0 bridgehead atoms. The van der Waals surface area contributed by atoms with Gasteiger partial charge in [0.25, 0.3) is 0 Å². The zero-order valence-electron chi connectivity index (χ0n) is 10.9. The maximum Gasteiger partial charge on any atom is 0.335 e. The Hall–Kier alpha value is -1.58. The third-order valence-corrected chi connectivity index (χ3v) is 2.91. The van der Waals surface area contributed by atoms with E-state index < -0.39 is 5.97 Å². The lowest BCUT2D eigenvalue weighted by molar-refractivity contribution is 0.0696. The first-order valence-electron chi connectivity index (χ1n) is 5.80. The Kier molecular flexibility index (Phi) is 4.10. The van der Waals surface area contributed by atoms with E-state index in [4.69, 9.17) is 5.11 Å². The minimum absolute atomic E-state index is 0.175. The predicted octanol–water partition coefficient (Wildman–Crippen LogP) is 2.94. The second kappa shape index (κ2) is 5.17. The Morgan fingerprint density at radius 3 is 2.65 bits per heavy atom. The number of rotatable bonds is 5. The molecule has 1 aromatic heterocycles. The molecule has 94 valence electrons. The van der Waals surface area contributed by atoms with Crippen LogP contribution in [-0.4, -0.2) is 22.6 Å². The molecule has 17 heavy (non-hydrogen) atoms. The highest BCUT2D eigenvalue weighted by molar-refractivity contribution is 5.88. The average molecular weight is 236 g/mol. The first-order valence-corrected chi connectivity index (χ1v) is 5.80. The lowest BCUT2D eigenvalue weighted by atomic mass is 9.90. The molecule has 1 aromatic rings. The van der Waals surface area contributed by atoms with Gasteiger partial charge in [0.1, 0.15) is 5.82 Å². The second-order valence-corrected chi connectivity index (χ2v) is 5.06. The molecule has 0 fully saturated rings. The van der Waals surface area contributed by atoms with Gasteiger partial charge in [0, 0.05) is 12.2 Å². The number of carboxylic acids is 1. The van der Waals surface area contributed by atoms with E-state index in [1.807, 2.05) is 0 Å². The third kappa shape index (κ3) is 4.06. The van der Waals surface area contributed by atoms with E-state index in [0.29, 0.717) is 11.5 Å². The molecule has 0 aliphatic carbocycles. The molecule has 0 aliphatic rings. The molecule has 4 heteroatoms. The lowest BCUT2D eigenvalue weighted by Gasteiger charge is -2.23. The quantitative estimate of drug-likeness (QED) is 0.825. The molecule has 0 aliphatic heterocycles. The van der Waals surface area contributed by atoms with E-state index in [1.54, 1.807) is 19.1 Å². The summed E-state index contributed by atoms with van der Waals surface area (Å²) in [5.41, 5.74) is 1.16. The number of nitrogens with one attached hydrogen (secondary N) is 1. The van der Waals surface area contributed by atoms with Gasteiger partial charge in [0.2, 0.25) is 0 Å². The summed E-state index contributed by atoms with van der Waals surface area (Å²) in [6.45, 7) is 9.03. The fourth-order valence-electron chi connectivity index (χ4n) is 1.34. The van der Waals surface area contributed by atoms with Gasteiger partial charge in [-0.15, -0.1) is 0 Å². The van der Waals surface area contributed by atoms with Crippen molar-refractivity contribution in [3.05, 3.63) is 23.4 Å². The van der Waals surface area contributed by atoms with Crippen molar-refractivity contribution < 1.29 is 9.90 Å². The van der Waals surface area contributed by atoms with Crippen LogP contribution in [0.15, 0.2) is 12.1 Å². The molecular formula is C13H20N2O2. The summed E-state index contributed by atoms with van der Waals surface area (Å²) in [6.07, 6.45) is 1.05. The van der Waals surface area contributed by atoms with Crippen LogP contribution in [0, 0.1) is 12.3 Å². The van der Waals surface area contributed by atoms with E-state index >= 15 is 0 Å². The van der Waals surface area contributed by atoms with E-state index in [1.165, 1.54) is 0 Å². The molecule has 0 atom stereocenters. The number of anilines is 1. The minimum Gasteiger partial charge on any atom is -0.478 e. The maximum atomic E-state index is 10.9. The van der Waals surface area contributed by atoms with Crippen molar-refractivity contribution in [2.75, 3.05) is 11.9 Å². The van der Waals surface area contributed by atoms with Crippen LogP contribution in [0.3, 0.4) is 0 Å². The van der Waals surface area contributed by atoms with Gasteiger partial charge in [-0.05, 0) is 30.9 Å². The number of pyridine rings is 1. The molecule has 0 radical (unpaired) electrons. The van der Waals surface area contributed by atoms with Crippen molar-refractivity contribution >= 4 is 11.8 Å². The Morgan fingerprint density at radius 2 is 2.12 bits per heavy atom. The third-order valence-electron chi connectivity index (χ3n) is 2.91.